The van der Waals surface area contributed by atoms with Gasteiger partial charge in [0, 0.05) is 17.9 Å². The number of nitrogens with zero attached hydrogens (tertiary/aromatic N) is 1. The number of nitrogens with one attached hydrogen (secondary N) is 3. The zero-order chi connectivity index (χ0) is 8.39. The zero-order valence-electron chi connectivity index (χ0n) is 7.43. The monoisotopic (exact) mass is 168 g/mol. The van der Waals surface area contributed by atoms with Crippen LogP contribution in [0, 0.1) is 0 Å². The molecule has 4 heteroatoms. The summed E-state index contributed by atoms with van der Waals surface area (Å²) in [5.41, 5.74) is 7.41. The second-order valence-corrected chi connectivity index (χ2v) is 3.44. The maximum Gasteiger partial charge on any atom is 0.0490 e. The fraction of sp³-hybridized carbons (Fsp3) is 0.750. The molecule has 2 rings (SSSR count). The third-order valence-electron chi connectivity index (χ3n) is 2.42. The summed E-state index contributed by atoms with van der Waals surface area (Å²) in [6.07, 6.45) is 4.58. The largest absolute Gasteiger partial charge is 0.317 e. The molecule has 0 aromatic carbocycles. The molecule has 0 bridgehead atoms. The van der Waals surface area contributed by atoms with Crippen LogP contribution in [-0.2, 0) is 0 Å². The van der Waals surface area contributed by atoms with Crippen molar-refractivity contribution >= 4 is 0 Å². The van der Waals surface area contributed by atoms with Crippen molar-refractivity contribution in [3.8, 4) is 0 Å². The lowest BCUT2D eigenvalue weighted by molar-refractivity contribution is 0.163. The molecule has 0 aromatic heterocycles. The second kappa shape index (κ2) is 3.33. The molecular formula is C8H16N4. The van der Waals surface area contributed by atoms with Crippen LogP contribution in [0.5, 0.6) is 0 Å². The van der Waals surface area contributed by atoms with Gasteiger partial charge in [0.25, 0.3) is 0 Å². The SMILES string of the molecule is CC1=CN(C2CCNCC2)NN1. The molecule has 12 heavy (non-hydrogen) atoms. The smallest absolute Gasteiger partial charge is 0.0490 e. The lowest BCUT2D eigenvalue weighted by atomic mass is 10.1. The normalized spacial score (nSPS) is 25.4. The van der Waals surface area contributed by atoms with Crippen molar-refractivity contribution < 1.29 is 0 Å². The van der Waals surface area contributed by atoms with E-state index in [2.05, 4.69) is 34.4 Å². The summed E-state index contributed by atoms with van der Waals surface area (Å²) in [6, 6.07) is 0.649. The van der Waals surface area contributed by atoms with Gasteiger partial charge >= 0.3 is 0 Å². The van der Waals surface area contributed by atoms with E-state index in [1.54, 1.807) is 0 Å². The molecule has 3 N–H and O–H groups in total. The van der Waals surface area contributed by atoms with Crippen molar-refractivity contribution in [1.82, 2.24) is 21.3 Å². The summed E-state index contributed by atoms with van der Waals surface area (Å²) in [5.74, 6) is 0. The van der Waals surface area contributed by atoms with Crippen molar-refractivity contribution in [1.29, 1.82) is 0 Å². The maximum atomic E-state index is 3.35. The molecule has 0 atom stereocenters. The van der Waals surface area contributed by atoms with Gasteiger partial charge in [-0.15, -0.1) is 5.53 Å². The van der Waals surface area contributed by atoms with Crippen molar-refractivity contribution in [2.24, 2.45) is 0 Å². The van der Waals surface area contributed by atoms with E-state index in [1.807, 2.05) is 0 Å². The highest BCUT2D eigenvalue weighted by Gasteiger charge is 2.20. The summed E-state index contributed by atoms with van der Waals surface area (Å²) in [5, 5.41) is 5.53. The first-order valence-electron chi connectivity index (χ1n) is 4.55. The Hall–Kier alpha value is -0.740. The van der Waals surface area contributed by atoms with E-state index >= 15 is 0 Å². The van der Waals surface area contributed by atoms with E-state index in [0.29, 0.717) is 6.04 Å². The first-order chi connectivity index (χ1) is 5.86. The molecule has 0 radical (unpaired) electrons. The average Bonchev–Trinajstić information content (AvgIpc) is 2.54. The van der Waals surface area contributed by atoms with Crippen LogP contribution in [0.15, 0.2) is 11.9 Å². The van der Waals surface area contributed by atoms with Crippen LogP contribution in [0.2, 0.25) is 0 Å². The molecule has 0 aromatic rings. The molecule has 1 fully saturated rings. The predicted molar refractivity (Wildman–Crippen MR) is 47.8 cm³/mol. The van der Waals surface area contributed by atoms with Crippen LogP contribution in [0.1, 0.15) is 19.8 Å². The fourth-order valence-corrected chi connectivity index (χ4v) is 1.71. The third kappa shape index (κ3) is 1.54. The molecule has 0 saturated carbocycles. The Balaban J connectivity index is 1.91. The van der Waals surface area contributed by atoms with Crippen molar-refractivity contribution in [3.63, 3.8) is 0 Å². The number of rotatable bonds is 1. The fourth-order valence-electron chi connectivity index (χ4n) is 1.71. The minimum absolute atomic E-state index is 0.649. The molecule has 2 aliphatic heterocycles. The lowest BCUT2D eigenvalue weighted by Crippen LogP contribution is -2.47. The van der Waals surface area contributed by atoms with Gasteiger partial charge in [-0.2, -0.15) is 0 Å². The lowest BCUT2D eigenvalue weighted by Gasteiger charge is -2.30. The highest BCUT2D eigenvalue weighted by atomic mass is 15.7. The minimum atomic E-state index is 0.649. The van der Waals surface area contributed by atoms with Gasteiger partial charge in [0.05, 0.1) is 0 Å². The van der Waals surface area contributed by atoms with Gasteiger partial charge in [-0.05, 0) is 32.9 Å². The Bertz CT molecular complexity index is 183. The summed E-state index contributed by atoms with van der Waals surface area (Å²) in [4.78, 5) is 0. The molecule has 1 saturated heterocycles. The van der Waals surface area contributed by atoms with Gasteiger partial charge in [-0.25, -0.2) is 0 Å². The van der Waals surface area contributed by atoms with Crippen LogP contribution in [0.25, 0.3) is 0 Å². The van der Waals surface area contributed by atoms with Gasteiger partial charge in [-0.1, -0.05) is 0 Å². The molecule has 2 aliphatic rings. The number of allylic oxidation sites excluding steroid dienone is 1. The topological polar surface area (TPSA) is 39.3 Å². The molecule has 0 spiro atoms. The van der Waals surface area contributed by atoms with E-state index in [-0.39, 0.29) is 0 Å². The molecular weight excluding hydrogens is 152 g/mol. The van der Waals surface area contributed by atoms with Gasteiger partial charge < -0.3 is 10.7 Å². The highest BCUT2D eigenvalue weighted by Crippen LogP contribution is 2.12. The number of hydrogen-bond acceptors (Lipinski definition) is 4. The Morgan fingerprint density at radius 1 is 1.42 bits per heavy atom. The summed E-state index contributed by atoms with van der Waals surface area (Å²) < 4.78 is 0. The van der Waals surface area contributed by atoms with Gasteiger partial charge in [0.15, 0.2) is 0 Å². The molecule has 0 aliphatic carbocycles. The van der Waals surface area contributed by atoms with E-state index in [0.717, 1.165) is 13.1 Å². The van der Waals surface area contributed by atoms with Crippen molar-refractivity contribution in [2.75, 3.05) is 13.1 Å². The second-order valence-electron chi connectivity index (χ2n) is 3.44. The molecule has 2 heterocycles. The summed E-state index contributed by atoms with van der Waals surface area (Å²) in [6.45, 7) is 4.33. The number of hydrogen-bond donors (Lipinski definition) is 3. The van der Waals surface area contributed by atoms with Gasteiger partial charge in [0.2, 0.25) is 0 Å². The van der Waals surface area contributed by atoms with Crippen molar-refractivity contribution in [3.05, 3.63) is 11.9 Å². The van der Waals surface area contributed by atoms with Crippen LogP contribution >= 0.6 is 0 Å². The van der Waals surface area contributed by atoms with E-state index in [1.165, 1.54) is 18.5 Å². The minimum Gasteiger partial charge on any atom is -0.317 e. The third-order valence-corrected chi connectivity index (χ3v) is 2.42. The molecule has 0 amide bonds. The zero-order valence-corrected chi connectivity index (χ0v) is 7.43. The van der Waals surface area contributed by atoms with E-state index in [9.17, 15) is 0 Å². The maximum absolute atomic E-state index is 3.35. The predicted octanol–water partition coefficient (Wildman–Crippen LogP) is -0.0755. The van der Waals surface area contributed by atoms with Crippen molar-refractivity contribution in [2.45, 2.75) is 25.8 Å². The molecule has 0 unspecified atom stereocenters. The first-order valence-corrected chi connectivity index (χ1v) is 4.55. The van der Waals surface area contributed by atoms with E-state index in [4.69, 9.17) is 0 Å². The number of hydrazine groups is 2. The van der Waals surface area contributed by atoms with Crippen LogP contribution in [0.4, 0.5) is 0 Å². The standard InChI is InChI=1S/C8H16N4/c1-7-6-12(11-10-7)8-2-4-9-5-3-8/h6,8-11H,2-5H2,1H3. The summed E-state index contributed by atoms with van der Waals surface area (Å²) in [7, 11) is 0. The first kappa shape index (κ1) is 7.89. The van der Waals surface area contributed by atoms with Crippen LogP contribution in [-0.4, -0.2) is 24.1 Å². The Labute approximate surface area is 72.9 Å². The Kier molecular flexibility index (Phi) is 2.19. The quantitative estimate of drug-likeness (QED) is 0.512. The summed E-state index contributed by atoms with van der Waals surface area (Å²) >= 11 is 0. The molecule has 68 valence electrons. The van der Waals surface area contributed by atoms with Gasteiger partial charge in [0.1, 0.15) is 0 Å². The number of piperidine rings is 1. The highest BCUT2D eigenvalue weighted by molar-refractivity contribution is 4.99. The van der Waals surface area contributed by atoms with Crippen LogP contribution in [0.3, 0.4) is 0 Å². The molecule has 4 nitrogen and oxygen atoms in total. The van der Waals surface area contributed by atoms with Gasteiger partial charge in [-0.3, -0.25) is 5.01 Å². The Morgan fingerprint density at radius 3 is 2.75 bits per heavy atom. The van der Waals surface area contributed by atoms with E-state index < -0.39 is 0 Å². The average molecular weight is 168 g/mol. The van der Waals surface area contributed by atoms with Crippen LogP contribution < -0.4 is 16.3 Å². The Morgan fingerprint density at radius 2 is 2.17 bits per heavy atom.